The van der Waals surface area contributed by atoms with Gasteiger partial charge in [0.25, 0.3) is 5.91 Å². The number of carboxylic acids is 1. The zero-order chi connectivity index (χ0) is 12.8. The summed E-state index contributed by atoms with van der Waals surface area (Å²) in [6.07, 6.45) is 0.474. The van der Waals surface area contributed by atoms with Crippen LogP contribution in [0.25, 0.3) is 0 Å². The largest absolute Gasteiger partial charge is 0.481 e. The van der Waals surface area contributed by atoms with E-state index in [1.165, 1.54) is 0 Å². The van der Waals surface area contributed by atoms with Gasteiger partial charge in [-0.05, 0) is 34.5 Å². The van der Waals surface area contributed by atoms with Gasteiger partial charge in [0.2, 0.25) is 0 Å². The van der Waals surface area contributed by atoms with Gasteiger partial charge in [-0.15, -0.1) is 0 Å². The molecule has 1 amide bonds. The number of carbonyl (C=O) groups is 2. The van der Waals surface area contributed by atoms with E-state index in [4.69, 9.17) is 5.11 Å². The van der Waals surface area contributed by atoms with E-state index in [2.05, 4.69) is 26.2 Å². The second kappa shape index (κ2) is 6.34. The Morgan fingerprint density at radius 3 is 2.76 bits per heavy atom. The average molecular weight is 301 g/mol. The summed E-state index contributed by atoms with van der Waals surface area (Å²) in [4.78, 5) is 26.3. The molecule has 0 aliphatic carbocycles. The highest BCUT2D eigenvalue weighted by atomic mass is 79.9. The summed E-state index contributed by atoms with van der Waals surface area (Å²) in [6, 6.07) is 4.61. The maximum Gasteiger partial charge on any atom is 0.305 e. The van der Waals surface area contributed by atoms with Gasteiger partial charge in [-0.2, -0.15) is 0 Å². The predicted octanol–water partition coefficient (Wildman–Crippen LogP) is 1.83. The van der Waals surface area contributed by atoms with E-state index in [1.807, 2.05) is 6.92 Å². The van der Waals surface area contributed by atoms with Crippen LogP contribution in [0.15, 0.2) is 22.8 Å². The Labute approximate surface area is 107 Å². The fourth-order valence-corrected chi connectivity index (χ4v) is 1.65. The summed E-state index contributed by atoms with van der Waals surface area (Å²) >= 11 is 3.17. The molecule has 0 aliphatic heterocycles. The van der Waals surface area contributed by atoms with Gasteiger partial charge in [0, 0.05) is 6.04 Å². The van der Waals surface area contributed by atoms with E-state index < -0.39 is 5.97 Å². The summed E-state index contributed by atoms with van der Waals surface area (Å²) in [6.45, 7) is 1.82. The molecule has 1 atom stereocenters. The number of aromatic nitrogens is 1. The van der Waals surface area contributed by atoms with Crippen LogP contribution in [0.1, 0.15) is 30.3 Å². The first-order chi connectivity index (χ1) is 8.02. The van der Waals surface area contributed by atoms with E-state index in [-0.39, 0.29) is 24.1 Å². The first kappa shape index (κ1) is 13.6. The summed E-state index contributed by atoms with van der Waals surface area (Å²) in [7, 11) is 0. The fraction of sp³-hybridized carbons (Fsp3) is 0.364. The molecule has 1 unspecified atom stereocenters. The van der Waals surface area contributed by atoms with Gasteiger partial charge < -0.3 is 10.4 Å². The van der Waals surface area contributed by atoms with Crippen molar-refractivity contribution < 1.29 is 14.7 Å². The van der Waals surface area contributed by atoms with Crippen molar-refractivity contribution in [1.29, 1.82) is 0 Å². The molecule has 0 fully saturated rings. The molecule has 5 nitrogen and oxygen atoms in total. The smallest absolute Gasteiger partial charge is 0.305 e. The number of pyridine rings is 1. The van der Waals surface area contributed by atoms with Crippen LogP contribution < -0.4 is 5.32 Å². The number of carboxylic acid groups (broad SMARTS) is 1. The molecule has 17 heavy (non-hydrogen) atoms. The third-order valence-corrected chi connectivity index (χ3v) is 2.64. The number of rotatable bonds is 5. The number of nitrogens with one attached hydrogen (secondary N) is 1. The Morgan fingerprint density at radius 2 is 2.24 bits per heavy atom. The van der Waals surface area contributed by atoms with Gasteiger partial charge in [0.1, 0.15) is 10.3 Å². The van der Waals surface area contributed by atoms with Crippen molar-refractivity contribution in [2.24, 2.45) is 0 Å². The van der Waals surface area contributed by atoms with E-state index in [9.17, 15) is 9.59 Å². The van der Waals surface area contributed by atoms with Crippen molar-refractivity contribution in [2.45, 2.75) is 25.8 Å². The zero-order valence-electron chi connectivity index (χ0n) is 9.31. The normalized spacial score (nSPS) is 11.9. The highest BCUT2D eigenvalue weighted by Crippen LogP contribution is 2.07. The molecular formula is C11H13BrN2O3. The number of nitrogens with zero attached hydrogens (tertiary/aromatic N) is 1. The topological polar surface area (TPSA) is 79.3 Å². The van der Waals surface area contributed by atoms with E-state index in [0.29, 0.717) is 11.0 Å². The molecule has 0 radical (unpaired) electrons. The first-order valence-electron chi connectivity index (χ1n) is 5.18. The van der Waals surface area contributed by atoms with Gasteiger partial charge in [-0.3, -0.25) is 9.59 Å². The second-order valence-electron chi connectivity index (χ2n) is 3.52. The lowest BCUT2D eigenvalue weighted by Gasteiger charge is -2.14. The van der Waals surface area contributed by atoms with Gasteiger partial charge >= 0.3 is 5.97 Å². The lowest BCUT2D eigenvalue weighted by atomic mass is 10.1. The van der Waals surface area contributed by atoms with Crippen molar-refractivity contribution in [3.05, 3.63) is 28.5 Å². The Morgan fingerprint density at radius 1 is 1.53 bits per heavy atom. The second-order valence-corrected chi connectivity index (χ2v) is 4.33. The molecule has 1 rings (SSSR count). The SMILES string of the molecule is CCC(CC(=O)O)NC(=O)c1cccc(Br)n1. The van der Waals surface area contributed by atoms with E-state index in [1.54, 1.807) is 18.2 Å². The van der Waals surface area contributed by atoms with Crippen molar-refractivity contribution in [3.8, 4) is 0 Å². The Balaban J connectivity index is 2.67. The summed E-state index contributed by atoms with van der Waals surface area (Å²) < 4.78 is 0.566. The number of aliphatic carboxylic acids is 1. The Hall–Kier alpha value is -1.43. The molecule has 0 saturated heterocycles. The standard InChI is InChI=1S/C11H13BrN2O3/c1-2-7(6-10(15)16)13-11(17)8-4-3-5-9(12)14-8/h3-5,7H,2,6H2,1H3,(H,13,17)(H,15,16). The minimum absolute atomic E-state index is 0.0871. The quantitative estimate of drug-likeness (QED) is 0.813. The molecule has 2 N–H and O–H groups in total. The van der Waals surface area contributed by atoms with Crippen LogP contribution in [0.2, 0.25) is 0 Å². The molecule has 1 aromatic heterocycles. The van der Waals surface area contributed by atoms with Gasteiger partial charge in [-0.25, -0.2) is 4.98 Å². The van der Waals surface area contributed by atoms with Crippen LogP contribution in [0.5, 0.6) is 0 Å². The lowest BCUT2D eigenvalue weighted by molar-refractivity contribution is -0.137. The minimum Gasteiger partial charge on any atom is -0.481 e. The van der Waals surface area contributed by atoms with E-state index in [0.717, 1.165) is 0 Å². The Bertz CT molecular complexity index is 423. The van der Waals surface area contributed by atoms with Crippen LogP contribution >= 0.6 is 15.9 Å². The van der Waals surface area contributed by atoms with Crippen LogP contribution in [0, 0.1) is 0 Å². The van der Waals surface area contributed by atoms with E-state index >= 15 is 0 Å². The first-order valence-corrected chi connectivity index (χ1v) is 5.97. The number of carbonyl (C=O) groups excluding carboxylic acids is 1. The average Bonchev–Trinajstić information content (AvgIpc) is 2.27. The molecule has 0 bridgehead atoms. The lowest BCUT2D eigenvalue weighted by Crippen LogP contribution is -2.36. The molecule has 0 saturated carbocycles. The predicted molar refractivity (Wildman–Crippen MR) is 65.7 cm³/mol. The molecule has 0 aliphatic rings. The molecule has 92 valence electrons. The van der Waals surface area contributed by atoms with Crippen LogP contribution in [0.3, 0.4) is 0 Å². The number of hydrogen-bond donors (Lipinski definition) is 2. The monoisotopic (exact) mass is 300 g/mol. The molecule has 0 aromatic carbocycles. The highest BCUT2D eigenvalue weighted by molar-refractivity contribution is 9.10. The third kappa shape index (κ3) is 4.52. The molecule has 6 heteroatoms. The van der Waals surface area contributed by atoms with Crippen molar-refractivity contribution >= 4 is 27.8 Å². The van der Waals surface area contributed by atoms with Gasteiger partial charge in [-0.1, -0.05) is 13.0 Å². The fourth-order valence-electron chi connectivity index (χ4n) is 1.30. The van der Waals surface area contributed by atoms with Gasteiger partial charge in [0.15, 0.2) is 0 Å². The van der Waals surface area contributed by atoms with Crippen LogP contribution in [-0.2, 0) is 4.79 Å². The van der Waals surface area contributed by atoms with Gasteiger partial charge in [0.05, 0.1) is 6.42 Å². The highest BCUT2D eigenvalue weighted by Gasteiger charge is 2.15. The minimum atomic E-state index is -0.931. The third-order valence-electron chi connectivity index (χ3n) is 2.20. The summed E-state index contributed by atoms with van der Waals surface area (Å²) in [5.41, 5.74) is 0.267. The maximum atomic E-state index is 11.8. The molecule has 1 heterocycles. The molecule has 1 aromatic rings. The number of hydrogen-bond acceptors (Lipinski definition) is 3. The van der Waals surface area contributed by atoms with Crippen molar-refractivity contribution in [1.82, 2.24) is 10.3 Å². The summed E-state index contributed by atoms with van der Waals surface area (Å²) in [5.74, 6) is -1.29. The number of amides is 1. The number of halogens is 1. The maximum absolute atomic E-state index is 11.8. The molecule has 0 spiro atoms. The Kier molecular flexibility index (Phi) is 5.09. The molecular weight excluding hydrogens is 288 g/mol. The summed E-state index contributed by atoms with van der Waals surface area (Å²) in [5, 5.41) is 11.3. The van der Waals surface area contributed by atoms with Crippen molar-refractivity contribution in [3.63, 3.8) is 0 Å². The zero-order valence-corrected chi connectivity index (χ0v) is 10.9. The van der Waals surface area contributed by atoms with Crippen LogP contribution in [0.4, 0.5) is 0 Å². The van der Waals surface area contributed by atoms with Crippen molar-refractivity contribution in [2.75, 3.05) is 0 Å². The van der Waals surface area contributed by atoms with Crippen LogP contribution in [-0.4, -0.2) is 28.0 Å².